The first-order valence-electron chi connectivity index (χ1n) is 10.6. The fourth-order valence-corrected chi connectivity index (χ4v) is 4.06. The van der Waals surface area contributed by atoms with E-state index in [0.29, 0.717) is 49.9 Å². The molecule has 0 bridgehead atoms. The van der Waals surface area contributed by atoms with Gasteiger partial charge in [-0.15, -0.1) is 0 Å². The number of halogens is 1. The van der Waals surface area contributed by atoms with Crippen molar-refractivity contribution in [3.05, 3.63) is 53.3 Å². The Bertz CT molecular complexity index is 922. The van der Waals surface area contributed by atoms with Crippen LogP contribution in [0.25, 0.3) is 0 Å². The maximum atomic E-state index is 13.1. The molecular weight excluding hydrogens is 401 g/mol. The number of nitrogens with one attached hydrogen (secondary N) is 2. The third kappa shape index (κ3) is 5.08. The molecule has 7 nitrogen and oxygen atoms in total. The van der Waals surface area contributed by atoms with Crippen LogP contribution in [0.15, 0.2) is 36.4 Å². The number of likely N-dealkylation sites (tertiary alicyclic amines) is 1. The van der Waals surface area contributed by atoms with Gasteiger partial charge < -0.3 is 25.2 Å². The molecule has 2 aliphatic heterocycles. The van der Waals surface area contributed by atoms with E-state index in [4.69, 9.17) is 9.47 Å². The molecule has 0 spiro atoms. The number of fused-ring (bicyclic) bond motifs is 1. The summed E-state index contributed by atoms with van der Waals surface area (Å²) in [4.78, 5) is 15.0. The minimum Gasteiger partial charge on any atom is -0.486 e. The summed E-state index contributed by atoms with van der Waals surface area (Å²) >= 11 is 0. The molecule has 1 saturated heterocycles. The van der Waals surface area contributed by atoms with E-state index in [2.05, 4.69) is 15.5 Å². The van der Waals surface area contributed by atoms with Gasteiger partial charge in [0.1, 0.15) is 19.0 Å². The molecule has 0 aliphatic carbocycles. The molecule has 0 aromatic heterocycles. The number of hydrogen-bond acceptors (Lipinski definition) is 6. The normalized spacial score (nSPS) is 20.9. The van der Waals surface area contributed by atoms with Crippen molar-refractivity contribution in [3.8, 4) is 11.5 Å². The van der Waals surface area contributed by atoms with Crippen LogP contribution in [0.3, 0.4) is 0 Å². The van der Waals surface area contributed by atoms with Crippen molar-refractivity contribution in [2.75, 3.05) is 45.2 Å². The Morgan fingerprint density at radius 2 is 2.00 bits per heavy atom. The highest BCUT2D eigenvalue weighted by atomic mass is 19.1. The molecule has 2 heterocycles. The molecule has 2 aliphatic rings. The van der Waals surface area contributed by atoms with E-state index < -0.39 is 6.10 Å². The largest absolute Gasteiger partial charge is 0.486 e. The second-order valence-electron chi connectivity index (χ2n) is 7.99. The number of aliphatic hydroxyl groups excluding tert-OH is 1. The third-order valence-corrected chi connectivity index (χ3v) is 5.83. The van der Waals surface area contributed by atoms with Crippen LogP contribution >= 0.6 is 0 Å². The summed E-state index contributed by atoms with van der Waals surface area (Å²) in [7, 11) is 1.78. The average molecular weight is 429 g/mol. The predicted molar refractivity (Wildman–Crippen MR) is 115 cm³/mol. The summed E-state index contributed by atoms with van der Waals surface area (Å²) in [5, 5.41) is 16.6. The summed E-state index contributed by atoms with van der Waals surface area (Å²) in [5.41, 5.74) is 2.20. The van der Waals surface area contributed by atoms with Gasteiger partial charge in [0, 0.05) is 44.4 Å². The standard InChI is InChI=1S/C23H28FN3O4/c1-25-18-10-19(22-21(11-18)30-8-9-31-22)23(29)26-12-16-6-7-27(14-20(16)28)13-15-2-4-17(24)5-3-15/h2-5,10-11,16,20,25,28H,6-9,12-14H2,1H3,(H,26,29)/t16-,20?/m0/s1. The van der Waals surface area contributed by atoms with Crippen LogP contribution < -0.4 is 20.1 Å². The van der Waals surface area contributed by atoms with Crippen LogP contribution in [0.5, 0.6) is 11.5 Å². The lowest BCUT2D eigenvalue weighted by Crippen LogP contribution is -2.47. The number of aliphatic hydroxyl groups is 1. The third-order valence-electron chi connectivity index (χ3n) is 5.83. The van der Waals surface area contributed by atoms with Gasteiger partial charge in [0.25, 0.3) is 5.91 Å². The Morgan fingerprint density at radius 3 is 2.74 bits per heavy atom. The van der Waals surface area contributed by atoms with Gasteiger partial charge in [-0.3, -0.25) is 9.69 Å². The number of piperidine rings is 1. The molecule has 1 fully saturated rings. The first-order chi connectivity index (χ1) is 15.0. The molecule has 8 heteroatoms. The van der Waals surface area contributed by atoms with E-state index in [1.165, 1.54) is 12.1 Å². The van der Waals surface area contributed by atoms with Crippen molar-refractivity contribution in [3.63, 3.8) is 0 Å². The molecule has 4 rings (SSSR count). The van der Waals surface area contributed by atoms with E-state index in [-0.39, 0.29) is 17.6 Å². The average Bonchev–Trinajstić information content (AvgIpc) is 2.79. The smallest absolute Gasteiger partial charge is 0.255 e. The van der Waals surface area contributed by atoms with E-state index in [0.717, 1.165) is 24.2 Å². The molecule has 1 amide bonds. The van der Waals surface area contributed by atoms with Gasteiger partial charge in [0.15, 0.2) is 11.5 Å². The van der Waals surface area contributed by atoms with Gasteiger partial charge in [0.2, 0.25) is 0 Å². The van der Waals surface area contributed by atoms with Crippen molar-refractivity contribution < 1.29 is 23.8 Å². The maximum Gasteiger partial charge on any atom is 0.255 e. The van der Waals surface area contributed by atoms with Gasteiger partial charge in [0.05, 0.1) is 11.7 Å². The number of benzene rings is 2. The number of hydrogen-bond donors (Lipinski definition) is 3. The highest BCUT2D eigenvalue weighted by Crippen LogP contribution is 2.37. The lowest BCUT2D eigenvalue weighted by Gasteiger charge is -2.36. The number of rotatable bonds is 6. The number of amides is 1. The van der Waals surface area contributed by atoms with Crippen LogP contribution in [-0.2, 0) is 6.54 Å². The Labute approximate surface area is 181 Å². The van der Waals surface area contributed by atoms with Crippen molar-refractivity contribution in [2.45, 2.75) is 19.1 Å². The van der Waals surface area contributed by atoms with E-state index in [9.17, 15) is 14.3 Å². The predicted octanol–water partition coefficient (Wildman–Crippen LogP) is 2.25. The summed E-state index contributed by atoms with van der Waals surface area (Å²) in [6.45, 7) is 3.21. The number of nitrogens with zero attached hydrogens (tertiary/aromatic N) is 1. The van der Waals surface area contributed by atoms with Gasteiger partial charge in [-0.25, -0.2) is 4.39 Å². The minimum absolute atomic E-state index is 0.0334. The Hall–Kier alpha value is -2.84. The van der Waals surface area contributed by atoms with Crippen LogP contribution in [0.2, 0.25) is 0 Å². The van der Waals surface area contributed by atoms with Crippen molar-refractivity contribution in [2.24, 2.45) is 5.92 Å². The van der Waals surface area contributed by atoms with Gasteiger partial charge in [-0.1, -0.05) is 12.1 Å². The van der Waals surface area contributed by atoms with Gasteiger partial charge in [-0.05, 0) is 36.7 Å². The first kappa shape index (κ1) is 21.4. The Kier molecular flexibility index (Phi) is 6.58. The van der Waals surface area contributed by atoms with Gasteiger partial charge >= 0.3 is 0 Å². The number of carbonyl (C=O) groups excluding carboxylic acids is 1. The fourth-order valence-electron chi connectivity index (χ4n) is 4.06. The lowest BCUT2D eigenvalue weighted by molar-refractivity contribution is 0.0189. The van der Waals surface area contributed by atoms with Crippen LogP contribution in [0.1, 0.15) is 22.3 Å². The van der Waals surface area contributed by atoms with E-state index >= 15 is 0 Å². The number of ether oxygens (including phenoxy) is 2. The molecule has 0 radical (unpaired) electrons. The highest BCUT2D eigenvalue weighted by Gasteiger charge is 2.29. The number of anilines is 1. The summed E-state index contributed by atoms with van der Waals surface area (Å²) in [6.07, 6.45) is 0.211. The molecule has 2 aromatic carbocycles. The zero-order valence-corrected chi connectivity index (χ0v) is 17.6. The van der Waals surface area contributed by atoms with Crippen LogP contribution in [0.4, 0.5) is 10.1 Å². The van der Waals surface area contributed by atoms with Crippen molar-refractivity contribution >= 4 is 11.6 Å². The van der Waals surface area contributed by atoms with Gasteiger partial charge in [-0.2, -0.15) is 0 Å². The Balaban J connectivity index is 1.33. The lowest BCUT2D eigenvalue weighted by atomic mass is 9.93. The monoisotopic (exact) mass is 429 g/mol. The molecule has 2 atom stereocenters. The Morgan fingerprint density at radius 1 is 1.23 bits per heavy atom. The molecule has 1 unspecified atom stereocenters. The molecule has 3 N–H and O–H groups in total. The van der Waals surface area contributed by atoms with Crippen LogP contribution in [-0.4, -0.2) is 61.9 Å². The molecular formula is C23H28FN3O4. The van der Waals surface area contributed by atoms with Crippen molar-refractivity contribution in [1.29, 1.82) is 0 Å². The molecule has 166 valence electrons. The van der Waals surface area contributed by atoms with E-state index in [1.54, 1.807) is 25.2 Å². The number of β-amino-alcohol motifs (C(OH)–C–C–N with tert-alkyl or cyclic N) is 1. The fraction of sp³-hybridized carbons (Fsp3) is 0.435. The number of carbonyl (C=O) groups is 1. The quantitative estimate of drug-likeness (QED) is 0.654. The van der Waals surface area contributed by atoms with Crippen LogP contribution in [0, 0.1) is 11.7 Å². The summed E-state index contributed by atoms with van der Waals surface area (Å²) in [5.74, 6) is 0.472. The topological polar surface area (TPSA) is 83.1 Å². The first-order valence-corrected chi connectivity index (χ1v) is 10.6. The summed E-state index contributed by atoms with van der Waals surface area (Å²) in [6, 6.07) is 9.98. The maximum absolute atomic E-state index is 13.1. The zero-order valence-electron chi connectivity index (χ0n) is 17.6. The molecule has 31 heavy (non-hydrogen) atoms. The molecule has 0 saturated carbocycles. The highest BCUT2D eigenvalue weighted by molar-refractivity contribution is 5.99. The molecule has 2 aromatic rings. The summed E-state index contributed by atoms with van der Waals surface area (Å²) < 4.78 is 24.4. The minimum atomic E-state index is -0.549. The second-order valence-corrected chi connectivity index (χ2v) is 7.99. The SMILES string of the molecule is CNc1cc2c(c(C(=O)NC[C@@H]3CCN(Cc4ccc(F)cc4)CC3O)c1)OCCO2. The van der Waals surface area contributed by atoms with E-state index in [1.807, 2.05) is 6.07 Å². The zero-order chi connectivity index (χ0) is 21.8. The second kappa shape index (κ2) is 9.53. The van der Waals surface area contributed by atoms with Crippen molar-refractivity contribution in [1.82, 2.24) is 10.2 Å².